The van der Waals surface area contributed by atoms with Gasteiger partial charge in [-0.15, -0.1) is 0 Å². The second-order valence-corrected chi connectivity index (χ2v) is 4.63. The van der Waals surface area contributed by atoms with Crippen LogP contribution in [0.25, 0.3) is 0 Å². The second-order valence-electron chi connectivity index (χ2n) is 3.78. The zero-order chi connectivity index (χ0) is 15.3. The SMILES string of the molecule is COC(=O)/C=C(/Nc1cc(F)c(C)cc1Br)C(=O)OC. The fraction of sp³-hybridized carbons (Fsp3) is 0.231. The first kappa shape index (κ1) is 16.2. The van der Waals surface area contributed by atoms with Crippen LogP contribution in [-0.4, -0.2) is 26.2 Å². The van der Waals surface area contributed by atoms with Gasteiger partial charge in [0, 0.05) is 4.47 Å². The Morgan fingerprint density at radius 3 is 2.50 bits per heavy atom. The Hall–Kier alpha value is -1.89. The minimum atomic E-state index is -0.775. The number of ether oxygens (including phenoxy) is 2. The number of rotatable bonds is 4. The molecule has 0 aliphatic rings. The van der Waals surface area contributed by atoms with Crippen molar-refractivity contribution in [1.82, 2.24) is 0 Å². The zero-order valence-corrected chi connectivity index (χ0v) is 12.7. The number of benzene rings is 1. The summed E-state index contributed by atoms with van der Waals surface area (Å²) in [5.74, 6) is -1.96. The van der Waals surface area contributed by atoms with E-state index in [2.05, 4.69) is 30.7 Å². The normalized spacial score (nSPS) is 10.9. The molecule has 0 fully saturated rings. The van der Waals surface area contributed by atoms with Crippen LogP contribution < -0.4 is 5.32 Å². The van der Waals surface area contributed by atoms with Crippen LogP contribution in [0.15, 0.2) is 28.4 Å². The number of carbonyl (C=O) groups is 2. The molecule has 1 aromatic carbocycles. The van der Waals surface area contributed by atoms with E-state index in [9.17, 15) is 14.0 Å². The molecule has 0 bridgehead atoms. The summed E-state index contributed by atoms with van der Waals surface area (Å²) in [6, 6.07) is 2.75. The highest BCUT2D eigenvalue weighted by Crippen LogP contribution is 2.27. The maximum atomic E-state index is 13.5. The summed E-state index contributed by atoms with van der Waals surface area (Å²) in [5.41, 5.74) is 0.566. The van der Waals surface area contributed by atoms with E-state index in [1.807, 2.05) is 0 Å². The molecular formula is C13H13BrFNO4. The van der Waals surface area contributed by atoms with E-state index in [4.69, 9.17) is 0 Å². The number of nitrogens with one attached hydrogen (secondary N) is 1. The van der Waals surface area contributed by atoms with Crippen molar-refractivity contribution >= 4 is 33.6 Å². The smallest absolute Gasteiger partial charge is 0.354 e. The summed E-state index contributed by atoms with van der Waals surface area (Å²) in [6.45, 7) is 1.61. The Kier molecular flexibility index (Phi) is 5.69. The number of esters is 2. The Morgan fingerprint density at radius 1 is 1.30 bits per heavy atom. The highest BCUT2D eigenvalue weighted by molar-refractivity contribution is 9.10. The van der Waals surface area contributed by atoms with E-state index in [1.54, 1.807) is 13.0 Å². The third-order valence-corrected chi connectivity index (χ3v) is 3.04. The highest BCUT2D eigenvalue weighted by Gasteiger charge is 2.15. The molecule has 7 heteroatoms. The predicted octanol–water partition coefficient (Wildman–Crippen LogP) is 2.54. The lowest BCUT2D eigenvalue weighted by atomic mass is 10.2. The standard InChI is InChI=1S/C13H13BrFNO4/c1-7-4-8(14)10(5-9(7)15)16-11(13(18)20-3)6-12(17)19-2/h4-6,16H,1-3H3/b11-6+. The Bertz CT molecular complexity index is 572. The lowest BCUT2D eigenvalue weighted by molar-refractivity contribution is -0.138. The van der Waals surface area contributed by atoms with Crippen LogP contribution in [0.1, 0.15) is 5.56 Å². The van der Waals surface area contributed by atoms with E-state index >= 15 is 0 Å². The molecule has 0 radical (unpaired) electrons. The van der Waals surface area contributed by atoms with Crippen molar-refractivity contribution in [2.45, 2.75) is 6.92 Å². The Balaban J connectivity index is 3.14. The number of hydrogen-bond acceptors (Lipinski definition) is 5. The minimum absolute atomic E-state index is 0.164. The molecule has 0 saturated carbocycles. The summed E-state index contributed by atoms with van der Waals surface area (Å²) < 4.78 is 23.0. The molecule has 1 aromatic rings. The van der Waals surface area contributed by atoms with E-state index in [-0.39, 0.29) is 11.4 Å². The molecule has 1 N–H and O–H groups in total. The first-order chi connectivity index (χ1) is 9.38. The summed E-state index contributed by atoms with van der Waals surface area (Å²) in [4.78, 5) is 22.8. The zero-order valence-electron chi connectivity index (χ0n) is 11.1. The summed E-state index contributed by atoms with van der Waals surface area (Å²) >= 11 is 3.24. The van der Waals surface area contributed by atoms with Crippen molar-refractivity contribution in [3.05, 3.63) is 39.8 Å². The fourth-order valence-corrected chi connectivity index (χ4v) is 1.88. The van der Waals surface area contributed by atoms with Crippen LogP contribution in [0.3, 0.4) is 0 Å². The molecule has 0 spiro atoms. The Labute approximate surface area is 123 Å². The summed E-state index contributed by atoms with van der Waals surface area (Å²) in [5, 5.41) is 2.63. The van der Waals surface area contributed by atoms with Gasteiger partial charge in [0.2, 0.25) is 0 Å². The van der Waals surface area contributed by atoms with Crippen molar-refractivity contribution in [3.63, 3.8) is 0 Å². The van der Waals surface area contributed by atoms with Crippen LogP contribution in [0.4, 0.5) is 10.1 Å². The molecule has 0 aliphatic heterocycles. The lowest BCUT2D eigenvalue weighted by Gasteiger charge is -2.11. The topological polar surface area (TPSA) is 64.6 Å². The molecular weight excluding hydrogens is 333 g/mol. The van der Waals surface area contributed by atoms with Crippen molar-refractivity contribution < 1.29 is 23.5 Å². The number of halogens is 2. The van der Waals surface area contributed by atoms with Crippen LogP contribution in [-0.2, 0) is 19.1 Å². The van der Waals surface area contributed by atoms with Gasteiger partial charge in [-0.2, -0.15) is 0 Å². The van der Waals surface area contributed by atoms with Crippen LogP contribution in [0.5, 0.6) is 0 Å². The van der Waals surface area contributed by atoms with Crippen molar-refractivity contribution in [1.29, 1.82) is 0 Å². The average molecular weight is 346 g/mol. The van der Waals surface area contributed by atoms with Gasteiger partial charge in [0.15, 0.2) is 0 Å². The van der Waals surface area contributed by atoms with Crippen LogP contribution in [0, 0.1) is 12.7 Å². The number of methoxy groups -OCH3 is 2. The number of carbonyl (C=O) groups excluding carboxylic acids is 2. The molecule has 0 unspecified atom stereocenters. The number of anilines is 1. The average Bonchev–Trinajstić information content (AvgIpc) is 2.42. The molecule has 0 aromatic heterocycles. The summed E-state index contributed by atoms with van der Waals surface area (Å²) in [6.07, 6.45) is 0.927. The highest BCUT2D eigenvalue weighted by atomic mass is 79.9. The molecule has 1 rings (SSSR count). The largest absolute Gasteiger partial charge is 0.466 e. The van der Waals surface area contributed by atoms with Gasteiger partial charge in [0.1, 0.15) is 11.5 Å². The van der Waals surface area contributed by atoms with Crippen molar-refractivity contribution in [2.24, 2.45) is 0 Å². The van der Waals surface area contributed by atoms with Gasteiger partial charge in [-0.25, -0.2) is 14.0 Å². The van der Waals surface area contributed by atoms with Crippen molar-refractivity contribution in [2.75, 3.05) is 19.5 Å². The van der Waals surface area contributed by atoms with Gasteiger partial charge in [-0.05, 0) is 40.5 Å². The Morgan fingerprint density at radius 2 is 1.95 bits per heavy atom. The first-order valence-electron chi connectivity index (χ1n) is 5.49. The molecule has 0 heterocycles. The molecule has 0 atom stereocenters. The first-order valence-corrected chi connectivity index (χ1v) is 6.29. The third-order valence-electron chi connectivity index (χ3n) is 2.39. The van der Waals surface area contributed by atoms with Crippen LogP contribution in [0.2, 0.25) is 0 Å². The third kappa shape index (κ3) is 4.06. The molecule has 0 saturated heterocycles. The molecule has 20 heavy (non-hydrogen) atoms. The fourth-order valence-electron chi connectivity index (χ4n) is 1.32. The van der Waals surface area contributed by atoms with Gasteiger partial charge in [0.25, 0.3) is 0 Å². The summed E-state index contributed by atoms with van der Waals surface area (Å²) in [7, 11) is 2.34. The van der Waals surface area contributed by atoms with E-state index in [1.165, 1.54) is 20.3 Å². The lowest BCUT2D eigenvalue weighted by Crippen LogP contribution is -2.16. The van der Waals surface area contributed by atoms with E-state index in [0.717, 1.165) is 6.08 Å². The molecule has 5 nitrogen and oxygen atoms in total. The minimum Gasteiger partial charge on any atom is -0.466 e. The monoisotopic (exact) mass is 345 g/mol. The van der Waals surface area contributed by atoms with Gasteiger partial charge >= 0.3 is 11.9 Å². The maximum absolute atomic E-state index is 13.5. The molecule has 0 aliphatic carbocycles. The van der Waals surface area contributed by atoms with E-state index < -0.39 is 17.8 Å². The van der Waals surface area contributed by atoms with Gasteiger partial charge in [0.05, 0.1) is 26.0 Å². The second kappa shape index (κ2) is 7.04. The predicted molar refractivity (Wildman–Crippen MR) is 74.6 cm³/mol. The quantitative estimate of drug-likeness (QED) is 0.671. The van der Waals surface area contributed by atoms with Gasteiger partial charge in [-0.1, -0.05) is 0 Å². The molecule has 0 amide bonds. The number of hydrogen-bond donors (Lipinski definition) is 1. The van der Waals surface area contributed by atoms with E-state index in [0.29, 0.717) is 10.0 Å². The van der Waals surface area contributed by atoms with Gasteiger partial charge < -0.3 is 14.8 Å². The van der Waals surface area contributed by atoms with Gasteiger partial charge in [-0.3, -0.25) is 0 Å². The molecule has 108 valence electrons. The number of aryl methyl sites for hydroxylation is 1. The van der Waals surface area contributed by atoms with Crippen molar-refractivity contribution in [3.8, 4) is 0 Å². The maximum Gasteiger partial charge on any atom is 0.354 e. The van der Waals surface area contributed by atoms with Crippen LogP contribution >= 0.6 is 15.9 Å².